The number of alkyl halides is 5. The van der Waals surface area contributed by atoms with Crippen molar-refractivity contribution in [3.05, 3.63) is 65.1 Å². The van der Waals surface area contributed by atoms with Gasteiger partial charge in [-0.05, 0) is 42.2 Å². The number of rotatable bonds is 9. The number of halogens is 5. The normalized spacial score (nSPS) is 11.7. The van der Waals surface area contributed by atoms with Crippen LogP contribution in [0.2, 0.25) is 0 Å². The van der Waals surface area contributed by atoms with Crippen molar-refractivity contribution in [2.24, 2.45) is 0 Å². The van der Waals surface area contributed by atoms with Gasteiger partial charge in [-0.25, -0.2) is 9.67 Å². The van der Waals surface area contributed by atoms with Gasteiger partial charge in [-0.15, -0.1) is 0 Å². The maximum atomic E-state index is 12.8. The van der Waals surface area contributed by atoms with Crippen molar-refractivity contribution in [3.8, 4) is 17.3 Å². The lowest BCUT2D eigenvalue weighted by atomic mass is 10.1. The van der Waals surface area contributed by atoms with E-state index in [4.69, 9.17) is 4.74 Å². The summed E-state index contributed by atoms with van der Waals surface area (Å²) in [6.45, 7) is 0.802. The average molecular weight is 498 g/mol. The van der Waals surface area contributed by atoms with Crippen molar-refractivity contribution in [2.75, 3.05) is 13.7 Å². The van der Waals surface area contributed by atoms with Crippen molar-refractivity contribution in [1.82, 2.24) is 20.1 Å². The molecule has 0 aliphatic heterocycles. The van der Waals surface area contributed by atoms with Gasteiger partial charge in [-0.3, -0.25) is 4.79 Å². The molecule has 0 bridgehead atoms. The lowest BCUT2D eigenvalue weighted by Gasteiger charge is -2.14. The van der Waals surface area contributed by atoms with E-state index in [2.05, 4.69) is 20.1 Å². The van der Waals surface area contributed by atoms with E-state index in [9.17, 15) is 26.7 Å². The summed E-state index contributed by atoms with van der Waals surface area (Å²) in [5.74, 6) is -0.448. The molecule has 3 aromatic rings. The number of methoxy groups -OCH3 is 1. The standard InChI is InChI=1S/C23H23F5N4O3/c1-13(2)20-16(12-31-32(20)19-7-5-15(11-30-19)23(26,27)28)21(33)29-9-8-14-4-6-17(34-3)18(10-14)35-22(24)25/h4-7,10-13,22H,8-9H2,1-3H3,(H,29,33). The molecule has 0 saturated carbocycles. The van der Waals surface area contributed by atoms with Crippen LogP contribution < -0.4 is 14.8 Å². The van der Waals surface area contributed by atoms with E-state index in [1.807, 2.05) is 13.8 Å². The smallest absolute Gasteiger partial charge is 0.417 e. The Morgan fingerprint density at radius 2 is 1.86 bits per heavy atom. The molecule has 2 heterocycles. The van der Waals surface area contributed by atoms with Crippen LogP contribution in [0.3, 0.4) is 0 Å². The second-order valence-electron chi connectivity index (χ2n) is 7.78. The number of aromatic nitrogens is 3. The number of hydrogen-bond donors (Lipinski definition) is 1. The minimum atomic E-state index is -4.52. The van der Waals surface area contributed by atoms with Crippen molar-refractivity contribution in [1.29, 1.82) is 0 Å². The van der Waals surface area contributed by atoms with E-state index in [0.717, 1.165) is 6.07 Å². The summed E-state index contributed by atoms with van der Waals surface area (Å²) in [4.78, 5) is 16.7. The Kier molecular flexibility index (Phi) is 7.92. The van der Waals surface area contributed by atoms with E-state index in [0.29, 0.717) is 23.9 Å². The van der Waals surface area contributed by atoms with E-state index in [-0.39, 0.29) is 35.3 Å². The SMILES string of the molecule is COc1ccc(CCNC(=O)c2cnn(-c3ccc(C(F)(F)F)cn3)c2C(C)C)cc1OC(F)F. The van der Waals surface area contributed by atoms with Crippen LogP contribution >= 0.6 is 0 Å². The molecule has 0 spiro atoms. The van der Waals surface area contributed by atoms with Crippen molar-refractivity contribution in [3.63, 3.8) is 0 Å². The maximum Gasteiger partial charge on any atom is 0.417 e. The Hall–Kier alpha value is -3.70. The van der Waals surface area contributed by atoms with Crippen LogP contribution in [0.5, 0.6) is 11.5 Å². The van der Waals surface area contributed by atoms with Crippen LogP contribution in [0, 0.1) is 0 Å². The highest BCUT2D eigenvalue weighted by Crippen LogP contribution is 2.30. The zero-order valence-corrected chi connectivity index (χ0v) is 19.1. The van der Waals surface area contributed by atoms with Crippen molar-refractivity contribution >= 4 is 5.91 Å². The molecule has 1 aromatic carbocycles. The lowest BCUT2D eigenvalue weighted by molar-refractivity contribution is -0.137. The molecule has 0 saturated heterocycles. The Balaban J connectivity index is 1.73. The molecular formula is C23H23F5N4O3. The van der Waals surface area contributed by atoms with Gasteiger partial charge in [0.25, 0.3) is 5.91 Å². The number of pyridine rings is 1. The lowest BCUT2D eigenvalue weighted by Crippen LogP contribution is -2.26. The Bertz CT molecular complexity index is 1160. The number of hydrogen-bond acceptors (Lipinski definition) is 5. The first-order valence-corrected chi connectivity index (χ1v) is 10.5. The fourth-order valence-electron chi connectivity index (χ4n) is 3.43. The van der Waals surface area contributed by atoms with Gasteiger partial charge in [0.15, 0.2) is 17.3 Å². The van der Waals surface area contributed by atoms with Crippen LogP contribution in [0.1, 0.15) is 46.9 Å². The summed E-state index contributed by atoms with van der Waals surface area (Å²) < 4.78 is 74.5. The predicted molar refractivity (Wildman–Crippen MR) is 116 cm³/mol. The first-order valence-electron chi connectivity index (χ1n) is 10.5. The molecule has 35 heavy (non-hydrogen) atoms. The monoisotopic (exact) mass is 498 g/mol. The maximum absolute atomic E-state index is 12.8. The van der Waals surface area contributed by atoms with Gasteiger partial charge in [0.1, 0.15) is 0 Å². The molecule has 0 unspecified atom stereocenters. The Morgan fingerprint density at radius 3 is 2.43 bits per heavy atom. The third kappa shape index (κ3) is 6.25. The number of ether oxygens (including phenoxy) is 2. The molecule has 0 fully saturated rings. The summed E-state index contributed by atoms with van der Waals surface area (Å²) in [6, 6.07) is 6.65. The third-order valence-electron chi connectivity index (χ3n) is 5.03. The number of amides is 1. The molecule has 0 aliphatic carbocycles. The predicted octanol–water partition coefficient (Wildman–Crippen LogP) is 4.99. The molecule has 1 N–H and O–H groups in total. The second kappa shape index (κ2) is 10.7. The highest BCUT2D eigenvalue weighted by atomic mass is 19.4. The van der Waals surface area contributed by atoms with Gasteiger partial charge >= 0.3 is 12.8 Å². The molecule has 0 atom stereocenters. The first kappa shape index (κ1) is 25.9. The second-order valence-corrected chi connectivity index (χ2v) is 7.78. The first-order chi connectivity index (χ1) is 16.5. The quantitative estimate of drug-likeness (QED) is 0.421. The minimum absolute atomic E-state index is 0.112. The summed E-state index contributed by atoms with van der Waals surface area (Å²) in [6.07, 6.45) is -2.16. The topological polar surface area (TPSA) is 78.3 Å². The zero-order valence-electron chi connectivity index (χ0n) is 19.1. The fraction of sp³-hybridized carbons (Fsp3) is 0.348. The zero-order chi connectivity index (χ0) is 25.8. The fourth-order valence-corrected chi connectivity index (χ4v) is 3.43. The number of carbonyl (C=O) groups is 1. The summed E-state index contributed by atoms with van der Waals surface area (Å²) in [5.41, 5.74) is 0.471. The van der Waals surface area contributed by atoms with E-state index in [1.165, 1.54) is 36.2 Å². The van der Waals surface area contributed by atoms with Gasteiger partial charge in [-0.1, -0.05) is 19.9 Å². The van der Waals surface area contributed by atoms with Crippen molar-refractivity contribution < 1.29 is 36.2 Å². The van der Waals surface area contributed by atoms with Gasteiger partial charge in [0.05, 0.1) is 30.1 Å². The van der Waals surface area contributed by atoms with Crippen LogP contribution in [0.4, 0.5) is 22.0 Å². The average Bonchev–Trinajstić information content (AvgIpc) is 3.24. The molecule has 188 valence electrons. The van der Waals surface area contributed by atoms with Gasteiger partial charge < -0.3 is 14.8 Å². The molecule has 0 aliphatic rings. The van der Waals surface area contributed by atoms with E-state index < -0.39 is 24.3 Å². The molecule has 2 aromatic heterocycles. The Labute approximate surface area is 197 Å². The summed E-state index contributed by atoms with van der Waals surface area (Å²) >= 11 is 0. The van der Waals surface area contributed by atoms with Crippen LogP contribution in [0.15, 0.2) is 42.7 Å². The van der Waals surface area contributed by atoms with Gasteiger partial charge in [0, 0.05) is 12.7 Å². The summed E-state index contributed by atoms with van der Waals surface area (Å²) in [7, 11) is 1.33. The van der Waals surface area contributed by atoms with E-state index >= 15 is 0 Å². The van der Waals surface area contributed by atoms with Crippen molar-refractivity contribution in [2.45, 2.75) is 39.0 Å². The number of nitrogens with zero attached hydrogens (tertiary/aromatic N) is 3. The third-order valence-corrected chi connectivity index (χ3v) is 5.03. The van der Waals surface area contributed by atoms with Crippen LogP contribution in [0.25, 0.3) is 5.82 Å². The molecule has 1 amide bonds. The number of benzene rings is 1. The molecule has 0 radical (unpaired) electrons. The van der Waals surface area contributed by atoms with E-state index in [1.54, 1.807) is 6.07 Å². The minimum Gasteiger partial charge on any atom is -0.493 e. The highest BCUT2D eigenvalue weighted by molar-refractivity contribution is 5.95. The summed E-state index contributed by atoms with van der Waals surface area (Å²) in [5, 5.41) is 6.90. The molecule has 12 heteroatoms. The number of carbonyl (C=O) groups excluding carboxylic acids is 1. The van der Waals surface area contributed by atoms with Gasteiger partial charge in [-0.2, -0.15) is 27.1 Å². The molecule has 7 nitrogen and oxygen atoms in total. The Morgan fingerprint density at radius 1 is 1.11 bits per heavy atom. The number of nitrogens with one attached hydrogen (secondary N) is 1. The van der Waals surface area contributed by atoms with Crippen LogP contribution in [-0.2, 0) is 12.6 Å². The van der Waals surface area contributed by atoms with Gasteiger partial charge in [0.2, 0.25) is 0 Å². The highest BCUT2D eigenvalue weighted by Gasteiger charge is 2.31. The molecular weight excluding hydrogens is 475 g/mol. The largest absolute Gasteiger partial charge is 0.493 e. The van der Waals surface area contributed by atoms with Crippen LogP contribution in [-0.4, -0.2) is 40.9 Å². The molecule has 3 rings (SSSR count).